The largest absolute Gasteiger partial charge is 0.478 e. The van der Waals surface area contributed by atoms with E-state index < -0.39 is 17.7 Å². The summed E-state index contributed by atoms with van der Waals surface area (Å²) in [5, 5.41) is 12.7. The van der Waals surface area contributed by atoms with Crippen molar-refractivity contribution in [2.45, 2.75) is 6.18 Å². The predicted octanol–water partition coefficient (Wildman–Crippen LogP) is 3.85. The lowest BCUT2D eigenvalue weighted by atomic mass is 10.1. The first kappa shape index (κ1) is 15.6. The van der Waals surface area contributed by atoms with Crippen molar-refractivity contribution in [3.63, 3.8) is 0 Å². The molecule has 0 fully saturated rings. The molecule has 4 nitrogen and oxygen atoms in total. The number of carbonyl (C=O) groups is 1. The number of alkyl halides is 3. The Labute approximate surface area is 123 Å². The molecule has 2 aromatic rings. The van der Waals surface area contributed by atoms with Gasteiger partial charge in [0.1, 0.15) is 0 Å². The van der Waals surface area contributed by atoms with Crippen LogP contribution in [-0.4, -0.2) is 17.3 Å². The van der Waals surface area contributed by atoms with E-state index in [0.717, 1.165) is 12.3 Å². The molecule has 114 valence electrons. The molecule has 0 aliphatic carbocycles. The molecule has 0 bridgehead atoms. The predicted molar refractivity (Wildman–Crippen MR) is 76.1 cm³/mol. The van der Waals surface area contributed by atoms with Crippen LogP contribution in [0.4, 0.5) is 18.9 Å². The second-order valence-corrected chi connectivity index (χ2v) is 4.31. The van der Waals surface area contributed by atoms with Gasteiger partial charge in [0, 0.05) is 5.56 Å². The van der Waals surface area contributed by atoms with Gasteiger partial charge >= 0.3 is 12.1 Å². The Balaban J connectivity index is 2.23. The van der Waals surface area contributed by atoms with Gasteiger partial charge < -0.3 is 5.11 Å². The molecule has 0 saturated carbocycles. The minimum absolute atomic E-state index is 0.0243. The Morgan fingerprint density at radius 2 is 1.73 bits per heavy atom. The summed E-state index contributed by atoms with van der Waals surface area (Å²) in [7, 11) is 0. The van der Waals surface area contributed by atoms with E-state index in [-0.39, 0.29) is 16.8 Å². The number of halogens is 3. The van der Waals surface area contributed by atoms with Crippen molar-refractivity contribution in [1.82, 2.24) is 0 Å². The van der Waals surface area contributed by atoms with Gasteiger partial charge in [-0.05, 0) is 18.2 Å². The van der Waals surface area contributed by atoms with Gasteiger partial charge in [-0.15, -0.1) is 0 Å². The van der Waals surface area contributed by atoms with Gasteiger partial charge in [-0.25, -0.2) is 4.79 Å². The summed E-state index contributed by atoms with van der Waals surface area (Å²) in [6, 6.07) is 10.9. The first-order valence-electron chi connectivity index (χ1n) is 6.17. The minimum Gasteiger partial charge on any atom is -0.478 e. The van der Waals surface area contributed by atoms with Crippen LogP contribution in [0.1, 0.15) is 21.5 Å². The number of nitrogens with zero attached hydrogens (tertiary/aromatic N) is 1. The number of nitrogens with one attached hydrogen (secondary N) is 1. The lowest BCUT2D eigenvalue weighted by Gasteiger charge is -2.09. The van der Waals surface area contributed by atoms with E-state index in [9.17, 15) is 18.0 Å². The van der Waals surface area contributed by atoms with Crippen molar-refractivity contribution >= 4 is 17.9 Å². The Hall–Kier alpha value is -2.83. The highest BCUT2D eigenvalue weighted by Crippen LogP contribution is 2.31. The van der Waals surface area contributed by atoms with Crippen molar-refractivity contribution in [2.75, 3.05) is 5.43 Å². The van der Waals surface area contributed by atoms with E-state index in [1.807, 2.05) is 0 Å². The summed E-state index contributed by atoms with van der Waals surface area (Å²) < 4.78 is 38.4. The van der Waals surface area contributed by atoms with Crippen molar-refractivity contribution in [3.05, 3.63) is 65.2 Å². The third-order valence-corrected chi connectivity index (χ3v) is 2.81. The van der Waals surface area contributed by atoms with Gasteiger partial charge in [-0.1, -0.05) is 30.3 Å². The molecule has 0 aliphatic rings. The topological polar surface area (TPSA) is 61.7 Å². The number of hydrogen-bond acceptors (Lipinski definition) is 3. The monoisotopic (exact) mass is 308 g/mol. The van der Waals surface area contributed by atoms with Crippen LogP contribution < -0.4 is 5.43 Å². The van der Waals surface area contributed by atoms with E-state index >= 15 is 0 Å². The van der Waals surface area contributed by atoms with Crippen LogP contribution >= 0.6 is 0 Å². The Kier molecular flexibility index (Phi) is 4.45. The lowest BCUT2D eigenvalue weighted by Crippen LogP contribution is -2.09. The van der Waals surface area contributed by atoms with Crippen molar-refractivity contribution in [2.24, 2.45) is 5.10 Å². The molecule has 0 aliphatic heterocycles. The number of carboxylic acid groups (broad SMARTS) is 1. The second kappa shape index (κ2) is 6.30. The van der Waals surface area contributed by atoms with Crippen LogP contribution in [0.5, 0.6) is 0 Å². The number of aromatic carboxylic acids is 1. The molecule has 0 atom stereocenters. The summed E-state index contributed by atoms with van der Waals surface area (Å²) in [5.74, 6) is -1.16. The molecule has 0 amide bonds. The van der Waals surface area contributed by atoms with Gasteiger partial charge in [0.05, 0.1) is 23.0 Å². The maximum atomic E-state index is 12.8. The standard InChI is InChI=1S/C15H11F3N2O2/c16-15(17,18)12-7-3-1-5-10(12)9-19-20-13-8-4-2-6-11(13)14(21)22/h1-9,20H,(H,21,22). The van der Waals surface area contributed by atoms with Crippen molar-refractivity contribution in [1.29, 1.82) is 0 Å². The number of rotatable bonds is 4. The Morgan fingerprint density at radius 3 is 2.41 bits per heavy atom. The van der Waals surface area contributed by atoms with Crippen molar-refractivity contribution < 1.29 is 23.1 Å². The van der Waals surface area contributed by atoms with Gasteiger partial charge in [0.2, 0.25) is 0 Å². The smallest absolute Gasteiger partial charge is 0.417 e. The number of hydrogen-bond donors (Lipinski definition) is 2. The number of benzene rings is 2. The van der Waals surface area contributed by atoms with Crippen LogP contribution in [0.25, 0.3) is 0 Å². The van der Waals surface area contributed by atoms with Gasteiger partial charge in [-0.3, -0.25) is 5.43 Å². The molecule has 0 spiro atoms. The maximum Gasteiger partial charge on any atom is 0.417 e. The lowest BCUT2D eigenvalue weighted by molar-refractivity contribution is -0.137. The fourth-order valence-electron chi connectivity index (χ4n) is 1.81. The van der Waals surface area contributed by atoms with Crippen LogP contribution in [-0.2, 0) is 6.18 Å². The summed E-state index contributed by atoms with van der Waals surface area (Å²) in [6.45, 7) is 0. The maximum absolute atomic E-state index is 12.8. The fourth-order valence-corrected chi connectivity index (χ4v) is 1.81. The molecule has 2 rings (SSSR count). The molecule has 2 aromatic carbocycles. The number of carboxylic acids is 1. The van der Waals surface area contributed by atoms with Crippen LogP contribution in [0.15, 0.2) is 53.6 Å². The number of anilines is 1. The Bertz CT molecular complexity index is 712. The molecule has 0 aromatic heterocycles. The molecule has 2 N–H and O–H groups in total. The van der Waals surface area contributed by atoms with Crippen LogP contribution in [0.3, 0.4) is 0 Å². The third-order valence-electron chi connectivity index (χ3n) is 2.81. The molecule has 0 saturated heterocycles. The zero-order chi connectivity index (χ0) is 16.2. The summed E-state index contributed by atoms with van der Waals surface area (Å²) in [6.07, 6.45) is -3.48. The van der Waals surface area contributed by atoms with E-state index in [2.05, 4.69) is 10.5 Å². The highest BCUT2D eigenvalue weighted by atomic mass is 19.4. The third kappa shape index (κ3) is 3.63. The van der Waals surface area contributed by atoms with Gasteiger partial charge in [-0.2, -0.15) is 18.3 Å². The normalized spacial score (nSPS) is 11.6. The first-order valence-corrected chi connectivity index (χ1v) is 6.17. The number of para-hydroxylation sites is 1. The first-order chi connectivity index (χ1) is 10.4. The second-order valence-electron chi connectivity index (χ2n) is 4.31. The highest BCUT2D eigenvalue weighted by molar-refractivity contribution is 5.94. The van der Waals surface area contributed by atoms with Crippen LogP contribution in [0, 0.1) is 0 Å². The zero-order valence-electron chi connectivity index (χ0n) is 11.1. The molecular weight excluding hydrogens is 297 g/mol. The Morgan fingerprint density at radius 1 is 1.09 bits per heavy atom. The van der Waals surface area contributed by atoms with Crippen LogP contribution in [0.2, 0.25) is 0 Å². The minimum atomic E-state index is -4.48. The summed E-state index contributed by atoms with van der Waals surface area (Å²) in [4.78, 5) is 11.0. The molecular formula is C15H11F3N2O2. The van der Waals surface area contributed by atoms with E-state index in [1.54, 1.807) is 6.07 Å². The van der Waals surface area contributed by atoms with E-state index in [4.69, 9.17) is 5.11 Å². The quantitative estimate of drug-likeness (QED) is 0.666. The molecule has 0 unspecified atom stereocenters. The average molecular weight is 308 g/mol. The van der Waals surface area contributed by atoms with Gasteiger partial charge in [0.15, 0.2) is 0 Å². The molecule has 0 radical (unpaired) electrons. The summed E-state index contributed by atoms with van der Waals surface area (Å²) in [5.41, 5.74) is 1.68. The highest BCUT2D eigenvalue weighted by Gasteiger charge is 2.32. The zero-order valence-corrected chi connectivity index (χ0v) is 11.1. The van der Waals surface area contributed by atoms with Gasteiger partial charge in [0.25, 0.3) is 0 Å². The SMILES string of the molecule is O=C(O)c1ccccc1NN=Cc1ccccc1C(F)(F)F. The van der Waals surface area contributed by atoms with E-state index in [1.165, 1.54) is 36.4 Å². The molecule has 7 heteroatoms. The molecule has 0 heterocycles. The average Bonchev–Trinajstić information content (AvgIpc) is 2.47. The number of hydrazone groups is 1. The van der Waals surface area contributed by atoms with E-state index in [0.29, 0.717) is 0 Å². The van der Waals surface area contributed by atoms with Crippen molar-refractivity contribution in [3.8, 4) is 0 Å². The summed E-state index contributed by atoms with van der Waals surface area (Å²) >= 11 is 0. The molecule has 22 heavy (non-hydrogen) atoms. The fraction of sp³-hybridized carbons (Fsp3) is 0.0667.